The van der Waals surface area contributed by atoms with Crippen LogP contribution in [0.2, 0.25) is 0 Å². The van der Waals surface area contributed by atoms with Gasteiger partial charge in [0.05, 0.1) is 0 Å². The Hall–Kier alpha value is -1.30. The molecule has 0 spiro atoms. The molecule has 0 radical (unpaired) electrons. The first kappa shape index (κ1) is 16.1. The fraction of sp³-hybridized carbons (Fsp3) is 0.667. The Balaban J connectivity index is 2.09. The molecule has 1 aliphatic rings. The van der Waals surface area contributed by atoms with E-state index in [1.807, 2.05) is 13.0 Å². The summed E-state index contributed by atoms with van der Waals surface area (Å²) in [5.41, 5.74) is 1.70. The first-order valence-corrected chi connectivity index (χ1v) is 7.35. The second-order valence-electron chi connectivity index (χ2n) is 5.51. The summed E-state index contributed by atoms with van der Waals surface area (Å²) in [6, 6.07) is 4.08. The number of alkyl halides is 3. The van der Waals surface area contributed by atoms with Gasteiger partial charge in [-0.25, -0.2) is 4.98 Å². The van der Waals surface area contributed by atoms with E-state index in [1.165, 1.54) is 12.8 Å². The number of halogens is 3. The van der Waals surface area contributed by atoms with Gasteiger partial charge in [-0.3, -0.25) is 0 Å². The summed E-state index contributed by atoms with van der Waals surface area (Å²) in [5, 5.41) is 3.35. The molecule has 1 unspecified atom stereocenters. The molecule has 1 fully saturated rings. The molecule has 6 heteroatoms. The molecule has 0 aromatic carbocycles. The Labute approximate surface area is 122 Å². The van der Waals surface area contributed by atoms with E-state index in [4.69, 9.17) is 4.74 Å². The van der Waals surface area contributed by atoms with Crippen LogP contribution in [0.3, 0.4) is 0 Å². The highest BCUT2D eigenvalue weighted by Crippen LogP contribution is 2.25. The maximum absolute atomic E-state index is 12.6. The van der Waals surface area contributed by atoms with Crippen LogP contribution in [0.4, 0.5) is 13.2 Å². The van der Waals surface area contributed by atoms with Gasteiger partial charge in [-0.1, -0.05) is 13.3 Å². The maximum Gasteiger partial charge on any atom is 0.425 e. The van der Waals surface area contributed by atoms with E-state index in [9.17, 15) is 13.2 Å². The lowest BCUT2D eigenvalue weighted by Crippen LogP contribution is -2.31. The minimum Gasteiger partial charge on any atom is -0.465 e. The monoisotopic (exact) mass is 302 g/mol. The van der Waals surface area contributed by atoms with Crippen molar-refractivity contribution in [1.82, 2.24) is 10.3 Å². The lowest BCUT2D eigenvalue weighted by atomic mass is 10.1. The van der Waals surface area contributed by atoms with E-state index < -0.39 is 12.3 Å². The normalized spacial score (nSPS) is 16.8. The van der Waals surface area contributed by atoms with Crippen molar-refractivity contribution in [2.45, 2.75) is 64.4 Å². The van der Waals surface area contributed by atoms with Crippen molar-refractivity contribution in [2.75, 3.05) is 0 Å². The molecule has 1 aromatic heterocycles. The predicted octanol–water partition coefficient (Wildman–Crippen LogP) is 3.62. The van der Waals surface area contributed by atoms with Gasteiger partial charge in [0.25, 0.3) is 0 Å². The van der Waals surface area contributed by atoms with Crippen LogP contribution in [0.25, 0.3) is 0 Å². The van der Waals surface area contributed by atoms with E-state index in [0.717, 1.165) is 31.0 Å². The van der Waals surface area contributed by atoms with Gasteiger partial charge in [0.1, 0.15) is 0 Å². The standard InChI is InChI=1S/C15H21F3N2O/c1-3-4-13-7-11(9-19-12-5-6-12)8-14(20-13)21-10(2)15(16,17)18/h7-8,10,12,19H,3-6,9H2,1-2H3. The fourth-order valence-electron chi connectivity index (χ4n) is 1.96. The van der Waals surface area contributed by atoms with E-state index in [1.54, 1.807) is 6.07 Å². The minimum absolute atomic E-state index is 0.0540. The summed E-state index contributed by atoms with van der Waals surface area (Å²) in [7, 11) is 0. The van der Waals surface area contributed by atoms with E-state index in [2.05, 4.69) is 10.3 Å². The number of ether oxygens (including phenoxy) is 1. The van der Waals surface area contributed by atoms with E-state index >= 15 is 0 Å². The molecule has 1 N–H and O–H groups in total. The lowest BCUT2D eigenvalue weighted by molar-refractivity contribution is -0.190. The van der Waals surface area contributed by atoms with Crippen molar-refractivity contribution in [3.8, 4) is 5.88 Å². The summed E-state index contributed by atoms with van der Waals surface area (Å²) in [5.74, 6) is 0.0540. The molecule has 1 aliphatic carbocycles. The Bertz CT molecular complexity index is 472. The van der Waals surface area contributed by atoms with E-state index in [0.29, 0.717) is 12.6 Å². The number of rotatable bonds is 7. The van der Waals surface area contributed by atoms with Crippen LogP contribution in [-0.4, -0.2) is 23.3 Å². The van der Waals surface area contributed by atoms with Crippen LogP contribution in [0, 0.1) is 0 Å². The van der Waals surface area contributed by atoms with Crippen molar-refractivity contribution in [1.29, 1.82) is 0 Å². The van der Waals surface area contributed by atoms with Gasteiger partial charge in [0.15, 0.2) is 6.10 Å². The molecule has 1 saturated carbocycles. The van der Waals surface area contributed by atoms with Gasteiger partial charge in [0.2, 0.25) is 5.88 Å². The van der Waals surface area contributed by atoms with Crippen LogP contribution in [0.15, 0.2) is 12.1 Å². The van der Waals surface area contributed by atoms with Crippen LogP contribution in [0.5, 0.6) is 5.88 Å². The first-order chi connectivity index (χ1) is 9.88. The Morgan fingerprint density at radius 1 is 1.38 bits per heavy atom. The summed E-state index contributed by atoms with van der Waals surface area (Å²) in [6.45, 7) is 3.65. The fourth-order valence-corrected chi connectivity index (χ4v) is 1.96. The molecule has 0 amide bonds. The van der Waals surface area contributed by atoms with Crippen molar-refractivity contribution >= 4 is 0 Å². The van der Waals surface area contributed by atoms with Crippen LogP contribution in [-0.2, 0) is 13.0 Å². The van der Waals surface area contributed by atoms with E-state index in [-0.39, 0.29) is 5.88 Å². The van der Waals surface area contributed by atoms with Gasteiger partial charge in [-0.2, -0.15) is 13.2 Å². The Kier molecular flexibility index (Phi) is 5.08. The highest BCUT2D eigenvalue weighted by atomic mass is 19.4. The Morgan fingerprint density at radius 2 is 2.10 bits per heavy atom. The van der Waals surface area contributed by atoms with Crippen molar-refractivity contribution in [3.63, 3.8) is 0 Å². The van der Waals surface area contributed by atoms with Crippen LogP contribution < -0.4 is 10.1 Å². The lowest BCUT2D eigenvalue weighted by Gasteiger charge is -2.18. The van der Waals surface area contributed by atoms with Gasteiger partial charge in [0, 0.05) is 24.3 Å². The second-order valence-corrected chi connectivity index (χ2v) is 5.51. The molecule has 0 aliphatic heterocycles. The molecule has 1 atom stereocenters. The molecule has 3 nitrogen and oxygen atoms in total. The minimum atomic E-state index is -4.38. The zero-order chi connectivity index (χ0) is 15.5. The van der Waals surface area contributed by atoms with Gasteiger partial charge in [-0.15, -0.1) is 0 Å². The molecule has 118 valence electrons. The zero-order valence-electron chi connectivity index (χ0n) is 12.3. The van der Waals surface area contributed by atoms with Crippen molar-refractivity contribution in [2.24, 2.45) is 0 Å². The van der Waals surface area contributed by atoms with Crippen molar-refractivity contribution in [3.05, 3.63) is 23.4 Å². The quantitative estimate of drug-likeness (QED) is 0.835. The summed E-state index contributed by atoms with van der Waals surface area (Å²) in [4.78, 5) is 4.17. The largest absolute Gasteiger partial charge is 0.465 e. The topological polar surface area (TPSA) is 34.1 Å². The average Bonchev–Trinajstić information content (AvgIpc) is 3.19. The molecular formula is C15H21F3N2O. The molecular weight excluding hydrogens is 281 g/mol. The zero-order valence-corrected chi connectivity index (χ0v) is 12.3. The number of nitrogens with zero attached hydrogens (tertiary/aromatic N) is 1. The highest BCUT2D eigenvalue weighted by Gasteiger charge is 2.38. The molecule has 1 aromatic rings. The first-order valence-electron chi connectivity index (χ1n) is 7.35. The van der Waals surface area contributed by atoms with Crippen LogP contribution >= 0.6 is 0 Å². The molecule has 21 heavy (non-hydrogen) atoms. The van der Waals surface area contributed by atoms with Gasteiger partial charge in [-0.05, 0) is 37.8 Å². The predicted molar refractivity (Wildman–Crippen MR) is 74.2 cm³/mol. The third-order valence-electron chi connectivity index (χ3n) is 3.35. The van der Waals surface area contributed by atoms with Gasteiger partial charge < -0.3 is 10.1 Å². The number of hydrogen-bond acceptors (Lipinski definition) is 3. The third kappa shape index (κ3) is 5.19. The number of pyridine rings is 1. The Morgan fingerprint density at radius 3 is 2.67 bits per heavy atom. The number of nitrogens with one attached hydrogen (secondary N) is 1. The maximum atomic E-state index is 12.6. The third-order valence-corrected chi connectivity index (χ3v) is 3.35. The highest BCUT2D eigenvalue weighted by molar-refractivity contribution is 5.26. The van der Waals surface area contributed by atoms with Crippen molar-refractivity contribution < 1.29 is 17.9 Å². The number of aromatic nitrogens is 1. The number of aryl methyl sites for hydroxylation is 1. The SMILES string of the molecule is CCCc1cc(CNC2CC2)cc(OC(C)C(F)(F)F)n1. The summed E-state index contributed by atoms with van der Waals surface area (Å²) < 4.78 is 42.7. The average molecular weight is 302 g/mol. The smallest absolute Gasteiger partial charge is 0.425 e. The molecule has 0 saturated heterocycles. The summed E-state index contributed by atoms with van der Waals surface area (Å²) >= 11 is 0. The summed E-state index contributed by atoms with van der Waals surface area (Å²) in [6.07, 6.45) is -2.28. The second kappa shape index (κ2) is 6.64. The number of hydrogen-bond donors (Lipinski definition) is 1. The van der Waals surface area contributed by atoms with Crippen LogP contribution in [0.1, 0.15) is 44.4 Å². The molecule has 1 heterocycles. The molecule has 2 rings (SSSR count). The van der Waals surface area contributed by atoms with Gasteiger partial charge >= 0.3 is 6.18 Å². The molecule has 0 bridgehead atoms.